The SMILES string of the molecule is CC(C)n1ccc(C#Cc2ccc3ncc(C#N)nc3c2)n1. The van der Waals surface area contributed by atoms with Gasteiger partial charge in [0.2, 0.25) is 0 Å². The lowest BCUT2D eigenvalue weighted by Gasteiger charge is -2.02. The molecular formula is C17H13N5. The molecular weight excluding hydrogens is 274 g/mol. The Hall–Kier alpha value is -3.18. The molecule has 0 fully saturated rings. The Morgan fingerprint density at radius 2 is 1.95 bits per heavy atom. The summed E-state index contributed by atoms with van der Waals surface area (Å²) in [6.07, 6.45) is 3.38. The van der Waals surface area contributed by atoms with Gasteiger partial charge >= 0.3 is 0 Å². The van der Waals surface area contributed by atoms with Gasteiger partial charge < -0.3 is 0 Å². The molecule has 0 radical (unpaired) electrons. The summed E-state index contributed by atoms with van der Waals surface area (Å²) in [7, 11) is 0. The van der Waals surface area contributed by atoms with Crippen molar-refractivity contribution >= 4 is 11.0 Å². The van der Waals surface area contributed by atoms with Gasteiger partial charge in [0.05, 0.1) is 17.2 Å². The van der Waals surface area contributed by atoms with Gasteiger partial charge in [0.1, 0.15) is 11.8 Å². The smallest absolute Gasteiger partial charge is 0.159 e. The van der Waals surface area contributed by atoms with Crippen LogP contribution in [0.4, 0.5) is 0 Å². The Balaban J connectivity index is 1.94. The van der Waals surface area contributed by atoms with E-state index in [-0.39, 0.29) is 0 Å². The van der Waals surface area contributed by atoms with E-state index < -0.39 is 0 Å². The van der Waals surface area contributed by atoms with Gasteiger partial charge in [-0.05, 0) is 44.0 Å². The third kappa shape index (κ3) is 2.79. The zero-order chi connectivity index (χ0) is 15.5. The van der Waals surface area contributed by atoms with Crippen molar-refractivity contribution in [3.05, 3.63) is 53.6 Å². The maximum absolute atomic E-state index is 8.87. The Bertz CT molecular complexity index is 935. The average Bonchev–Trinajstić information content (AvgIpc) is 3.01. The van der Waals surface area contributed by atoms with Crippen LogP contribution < -0.4 is 0 Å². The number of benzene rings is 1. The highest BCUT2D eigenvalue weighted by atomic mass is 15.3. The number of nitriles is 1. The highest BCUT2D eigenvalue weighted by molar-refractivity contribution is 5.76. The molecule has 3 aromatic rings. The van der Waals surface area contributed by atoms with Gasteiger partial charge in [0.15, 0.2) is 5.69 Å². The minimum atomic E-state index is 0.299. The quantitative estimate of drug-likeness (QED) is 0.645. The van der Waals surface area contributed by atoms with Crippen LogP contribution in [0.1, 0.15) is 36.8 Å². The molecule has 0 aliphatic rings. The minimum absolute atomic E-state index is 0.299. The number of hydrogen-bond donors (Lipinski definition) is 0. The molecule has 0 N–H and O–H groups in total. The molecule has 0 saturated carbocycles. The van der Waals surface area contributed by atoms with Crippen LogP contribution in [0.5, 0.6) is 0 Å². The maximum atomic E-state index is 8.87. The molecule has 0 unspecified atom stereocenters. The van der Waals surface area contributed by atoms with E-state index in [9.17, 15) is 0 Å². The molecule has 106 valence electrons. The largest absolute Gasteiger partial charge is 0.269 e. The molecule has 1 aromatic carbocycles. The van der Waals surface area contributed by atoms with E-state index in [0.717, 1.165) is 16.8 Å². The highest BCUT2D eigenvalue weighted by Crippen LogP contribution is 2.11. The van der Waals surface area contributed by atoms with Gasteiger partial charge in [-0.2, -0.15) is 10.4 Å². The molecule has 2 aromatic heterocycles. The molecule has 0 aliphatic heterocycles. The van der Waals surface area contributed by atoms with Crippen LogP contribution >= 0.6 is 0 Å². The van der Waals surface area contributed by atoms with Gasteiger partial charge in [-0.25, -0.2) is 4.98 Å². The normalized spacial score (nSPS) is 10.3. The van der Waals surface area contributed by atoms with Crippen molar-refractivity contribution < 1.29 is 0 Å². The van der Waals surface area contributed by atoms with E-state index in [1.54, 1.807) is 0 Å². The lowest BCUT2D eigenvalue weighted by Crippen LogP contribution is -2.00. The first-order chi connectivity index (χ1) is 10.7. The summed E-state index contributed by atoms with van der Waals surface area (Å²) in [4.78, 5) is 8.41. The van der Waals surface area contributed by atoms with Gasteiger partial charge in [-0.3, -0.25) is 9.67 Å². The molecule has 2 heterocycles. The number of rotatable bonds is 1. The summed E-state index contributed by atoms with van der Waals surface area (Å²) >= 11 is 0. The topological polar surface area (TPSA) is 67.4 Å². The monoisotopic (exact) mass is 287 g/mol. The second-order valence-corrected chi connectivity index (χ2v) is 5.10. The fraction of sp³-hybridized carbons (Fsp3) is 0.176. The van der Waals surface area contributed by atoms with Crippen molar-refractivity contribution in [2.75, 3.05) is 0 Å². The van der Waals surface area contributed by atoms with Crippen molar-refractivity contribution in [2.24, 2.45) is 0 Å². The number of hydrogen-bond acceptors (Lipinski definition) is 4. The van der Waals surface area contributed by atoms with Crippen LogP contribution in [0.25, 0.3) is 11.0 Å². The summed E-state index contributed by atoms with van der Waals surface area (Å²) in [6.45, 7) is 4.14. The van der Waals surface area contributed by atoms with Crippen molar-refractivity contribution in [3.8, 4) is 17.9 Å². The summed E-state index contributed by atoms with van der Waals surface area (Å²) in [5, 5.41) is 13.3. The van der Waals surface area contributed by atoms with Crippen LogP contribution in [0.15, 0.2) is 36.7 Å². The predicted molar refractivity (Wildman–Crippen MR) is 82.8 cm³/mol. The maximum Gasteiger partial charge on any atom is 0.159 e. The molecule has 22 heavy (non-hydrogen) atoms. The molecule has 0 aliphatic carbocycles. The van der Waals surface area contributed by atoms with Gasteiger partial charge in [0, 0.05) is 17.8 Å². The Morgan fingerprint density at radius 3 is 2.68 bits per heavy atom. The number of nitrogens with zero attached hydrogens (tertiary/aromatic N) is 5. The van der Waals surface area contributed by atoms with Crippen LogP contribution in [0, 0.1) is 23.2 Å². The molecule has 0 atom stereocenters. The minimum Gasteiger partial charge on any atom is -0.269 e. The standard InChI is InChI=1S/C17H13N5/c1-12(2)22-8-7-14(21-22)5-3-13-4-6-16-17(9-13)20-15(10-18)11-19-16/h4,6-9,11-12H,1-2H3. The number of fused-ring (bicyclic) bond motifs is 1. The summed E-state index contributed by atoms with van der Waals surface area (Å²) < 4.78 is 1.87. The van der Waals surface area contributed by atoms with Crippen LogP contribution in [0.2, 0.25) is 0 Å². The Kier molecular flexibility index (Phi) is 3.55. The van der Waals surface area contributed by atoms with E-state index in [0.29, 0.717) is 17.3 Å². The van der Waals surface area contributed by atoms with E-state index >= 15 is 0 Å². The van der Waals surface area contributed by atoms with Crippen LogP contribution in [-0.4, -0.2) is 19.7 Å². The summed E-state index contributed by atoms with van der Waals surface area (Å²) in [5.74, 6) is 6.10. The van der Waals surface area contributed by atoms with Crippen molar-refractivity contribution in [1.29, 1.82) is 5.26 Å². The van der Waals surface area contributed by atoms with Crippen LogP contribution in [-0.2, 0) is 0 Å². The van der Waals surface area contributed by atoms with E-state index in [2.05, 4.69) is 40.8 Å². The van der Waals surface area contributed by atoms with Crippen molar-refractivity contribution in [1.82, 2.24) is 19.7 Å². The van der Waals surface area contributed by atoms with Gasteiger partial charge in [-0.1, -0.05) is 5.92 Å². The fourth-order valence-corrected chi connectivity index (χ4v) is 1.97. The van der Waals surface area contributed by atoms with Crippen LogP contribution in [0.3, 0.4) is 0 Å². The average molecular weight is 287 g/mol. The molecule has 5 heteroatoms. The fourth-order valence-electron chi connectivity index (χ4n) is 1.97. The molecule has 0 saturated heterocycles. The summed E-state index contributed by atoms with van der Waals surface area (Å²) in [5.41, 5.74) is 3.25. The highest BCUT2D eigenvalue weighted by Gasteiger charge is 2.01. The molecule has 5 nitrogen and oxygen atoms in total. The van der Waals surface area contributed by atoms with E-state index in [1.807, 2.05) is 41.2 Å². The first kappa shape index (κ1) is 13.8. The summed E-state index contributed by atoms with van der Waals surface area (Å²) in [6, 6.07) is 9.75. The van der Waals surface area contributed by atoms with Crippen molar-refractivity contribution in [3.63, 3.8) is 0 Å². The van der Waals surface area contributed by atoms with Crippen molar-refractivity contribution in [2.45, 2.75) is 19.9 Å². The van der Waals surface area contributed by atoms with Gasteiger partial charge in [0.25, 0.3) is 0 Å². The number of aromatic nitrogens is 4. The lowest BCUT2D eigenvalue weighted by molar-refractivity contribution is 0.531. The first-order valence-electron chi connectivity index (χ1n) is 6.90. The Morgan fingerprint density at radius 1 is 1.09 bits per heavy atom. The first-order valence-corrected chi connectivity index (χ1v) is 6.90. The zero-order valence-corrected chi connectivity index (χ0v) is 12.3. The van der Waals surface area contributed by atoms with E-state index in [1.165, 1.54) is 6.20 Å². The molecule has 0 bridgehead atoms. The third-order valence-electron chi connectivity index (χ3n) is 3.13. The van der Waals surface area contributed by atoms with Gasteiger partial charge in [-0.15, -0.1) is 0 Å². The second kappa shape index (κ2) is 5.67. The molecule has 0 spiro atoms. The third-order valence-corrected chi connectivity index (χ3v) is 3.13. The predicted octanol–water partition coefficient (Wildman–Crippen LogP) is 2.68. The Labute approximate surface area is 128 Å². The lowest BCUT2D eigenvalue weighted by atomic mass is 10.2. The molecule has 3 rings (SSSR count). The zero-order valence-electron chi connectivity index (χ0n) is 12.3. The van der Waals surface area contributed by atoms with E-state index in [4.69, 9.17) is 5.26 Å². The molecule has 0 amide bonds. The second-order valence-electron chi connectivity index (χ2n) is 5.10.